The van der Waals surface area contributed by atoms with Crippen molar-refractivity contribution in [3.63, 3.8) is 0 Å². The van der Waals surface area contributed by atoms with Gasteiger partial charge in [0.2, 0.25) is 6.80 Å². The molecule has 0 fully saturated rings. The van der Waals surface area contributed by atoms with Crippen LogP contribution in [-0.2, 0) is 0 Å². The lowest BCUT2D eigenvalue weighted by atomic mass is 10.3. The van der Waals surface area contributed by atoms with Crippen molar-refractivity contribution in [3.8, 4) is 0 Å². The highest BCUT2D eigenvalue weighted by Crippen LogP contribution is 2.06. The van der Waals surface area contributed by atoms with E-state index < -0.39 is 7.25 Å². The molecule has 0 N–H and O–H groups in total. The Bertz CT molecular complexity index is 101. The molecule has 0 aliphatic rings. The molecule has 0 aromatic carbocycles. The van der Waals surface area contributed by atoms with Crippen molar-refractivity contribution in [2.75, 3.05) is 27.4 Å². The number of nitrogens with zero attached hydrogens (tertiary/aromatic N) is 1. The molecular weight excluding hydrogens is 180 g/mol. The van der Waals surface area contributed by atoms with Crippen LogP contribution in [0.25, 0.3) is 0 Å². The van der Waals surface area contributed by atoms with E-state index in [4.69, 9.17) is 0 Å². The van der Waals surface area contributed by atoms with Gasteiger partial charge in [-0.05, 0) is 6.92 Å². The summed E-state index contributed by atoms with van der Waals surface area (Å²) in [5.41, 5.74) is 0. The van der Waals surface area contributed by atoms with Crippen molar-refractivity contribution < 1.29 is 26.1 Å². The predicted octanol–water partition coefficient (Wildman–Crippen LogP) is 2.31. The maximum Gasteiger partial charge on any atom is 0.673 e. The number of hydrogen-bond acceptors (Lipinski definition) is 0. The third kappa shape index (κ3) is 22.6. The van der Waals surface area contributed by atoms with Crippen molar-refractivity contribution >= 4 is 7.25 Å². The lowest BCUT2D eigenvalue weighted by molar-refractivity contribution is -0.900. The van der Waals surface area contributed by atoms with Crippen molar-refractivity contribution in [3.05, 3.63) is 0 Å². The lowest BCUT2D eigenvalue weighted by Crippen LogP contribution is -2.37. The molecule has 0 spiro atoms. The highest BCUT2D eigenvalue weighted by molar-refractivity contribution is 6.50. The first kappa shape index (κ1) is 14.2. The fraction of sp³-hybridized carbons (Fsp3) is 1.00. The molecule has 0 aromatic rings. The van der Waals surface area contributed by atoms with E-state index in [0.29, 0.717) is 4.48 Å². The summed E-state index contributed by atoms with van der Waals surface area (Å²) in [5, 5.41) is 0. The van der Waals surface area contributed by atoms with Crippen LogP contribution in [0.5, 0.6) is 0 Å². The summed E-state index contributed by atoms with van der Waals surface area (Å²) < 4.78 is 51.2. The van der Waals surface area contributed by atoms with Gasteiger partial charge in [0, 0.05) is 0 Å². The molecule has 0 heterocycles. The summed E-state index contributed by atoms with van der Waals surface area (Å²) in [6, 6.07) is 0. The van der Waals surface area contributed by atoms with E-state index in [2.05, 4.69) is 0 Å². The van der Waals surface area contributed by atoms with Crippen LogP contribution in [0.2, 0.25) is 0 Å². The van der Waals surface area contributed by atoms with Gasteiger partial charge in [-0.25, -0.2) is 0 Å². The van der Waals surface area contributed by atoms with Crippen molar-refractivity contribution in [2.45, 2.75) is 6.92 Å². The van der Waals surface area contributed by atoms with Crippen molar-refractivity contribution in [1.82, 2.24) is 0 Å². The number of hydrogen-bond donors (Lipinski definition) is 0. The van der Waals surface area contributed by atoms with Gasteiger partial charge in [0.05, 0.1) is 20.6 Å². The molecule has 1 nitrogen and oxygen atoms in total. The molecule has 0 saturated heterocycles. The van der Waals surface area contributed by atoms with Gasteiger partial charge >= 0.3 is 7.25 Å². The first-order chi connectivity index (χ1) is 5.12. The maximum absolute atomic E-state index is 11.7. The van der Waals surface area contributed by atoms with E-state index in [-0.39, 0.29) is 6.80 Å². The second-order valence-electron chi connectivity index (χ2n) is 2.87. The highest BCUT2D eigenvalue weighted by Gasteiger charge is 2.20. The van der Waals surface area contributed by atoms with Gasteiger partial charge in [-0.15, -0.1) is 0 Å². The van der Waals surface area contributed by atoms with E-state index in [1.807, 2.05) is 21.0 Å². The quantitative estimate of drug-likeness (QED) is 0.273. The van der Waals surface area contributed by atoms with E-state index in [0.717, 1.165) is 6.54 Å². The molecule has 0 amide bonds. The van der Waals surface area contributed by atoms with Crippen LogP contribution in [0, 0.1) is 0 Å². The zero-order chi connectivity index (χ0) is 10.4. The van der Waals surface area contributed by atoms with Gasteiger partial charge in [0.25, 0.3) is 0 Å². The van der Waals surface area contributed by atoms with Gasteiger partial charge in [-0.3, -0.25) is 0 Å². The fourth-order valence-corrected chi connectivity index (χ4v) is 0.0845. The second-order valence-corrected chi connectivity index (χ2v) is 2.87. The summed E-state index contributed by atoms with van der Waals surface area (Å²) in [6.45, 7) is 2.56. The van der Waals surface area contributed by atoms with Crippen LogP contribution in [0.1, 0.15) is 6.92 Å². The summed E-state index contributed by atoms with van der Waals surface area (Å²) in [6.07, 6.45) is 0. The van der Waals surface area contributed by atoms with Gasteiger partial charge in [0.15, 0.2) is 0 Å². The SMILES string of the molecule is CC[N+](C)(C)CF.F[B-](F)(F)F. The molecular formula is C5H13BF5N. The predicted molar refractivity (Wildman–Crippen MR) is 38.8 cm³/mol. The number of rotatable bonds is 2. The van der Waals surface area contributed by atoms with Crippen LogP contribution in [-0.4, -0.2) is 39.2 Å². The fourth-order valence-electron chi connectivity index (χ4n) is 0.0845. The number of halogens is 5. The van der Waals surface area contributed by atoms with Gasteiger partial charge in [-0.2, -0.15) is 4.39 Å². The Morgan fingerprint density at radius 2 is 1.33 bits per heavy atom. The standard InChI is InChI=1S/C5H13FN.BF4/c1-4-7(2,3)5-6;2-1(3,4)5/h4-5H2,1-3H3;/q+1;-1. The third-order valence-corrected chi connectivity index (χ3v) is 1.18. The van der Waals surface area contributed by atoms with Crippen LogP contribution in [0.3, 0.4) is 0 Å². The van der Waals surface area contributed by atoms with Crippen LogP contribution < -0.4 is 0 Å². The largest absolute Gasteiger partial charge is 0.673 e. The normalized spacial score (nSPS) is 12.0. The Morgan fingerprint density at radius 3 is 1.33 bits per heavy atom. The van der Waals surface area contributed by atoms with E-state index in [1.54, 1.807) is 0 Å². The Labute approximate surface area is 68.9 Å². The Balaban J connectivity index is 0. The molecule has 7 heteroatoms. The van der Waals surface area contributed by atoms with Crippen molar-refractivity contribution in [2.24, 2.45) is 0 Å². The molecule has 0 unspecified atom stereocenters. The van der Waals surface area contributed by atoms with Crippen LogP contribution in [0.15, 0.2) is 0 Å². The van der Waals surface area contributed by atoms with Gasteiger partial charge in [-0.1, -0.05) is 0 Å². The first-order valence-electron chi connectivity index (χ1n) is 3.37. The lowest BCUT2D eigenvalue weighted by Gasteiger charge is -2.22. The highest BCUT2D eigenvalue weighted by atomic mass is 19.5. The smallest absolute Gasteiger partial charge is 0.418 e. The Kier molecular flexibility index (Phi) is 6.33. The average Bonchev–Trinajstić information content (AvgIpc) is 1.85. The summed E-state index contributed by atoms with van der Waals surface area (Å²) in [5.74, 6) is 0. The monoisotopic (exact) mass is 193 g/mol. The minimum absolute atomic E-state index is 0.267. The zero-order valence-corrected chi connectivity index (χ0v) is 7.33. The number of alkyl halides is 1. The zero-order valence-electron chi connectivity index (χ0n) is 7.33. The minimum Gasteiger partial charge on any atom is -0.418 e. The summed E-state index contributed by atoms with van der Waals surface area (Å²) >= 11 is 0. The van der Waals surface area contributed by atoms with Gasteiger partial charge < -0.3 is 21.7 Å². The van der Waals surface area contributed by atoms with E-state index >= 15 is 0 Å². The Hall–Kier alpha value is -0.325. The molecule has 0 aliphatic carbocycles. The molecule has 0 rings (SSSR count). The van der Waals surface area contributed by atoms with Gasteiger partial charge in [0.1, 0.15) is 0 Å². The van der Waals surface area contributed by atoms with E-state index in [9.17, 15) is 21.7 Å². The van der Waals surface area contributed by atoms with E-state index in [1.165, 1.54) is 0 Å². The minimum atomic E-state index is -6.00. The molecule has 12 heavy (non-hydrogen) atoms. The van der Waals surface area contributed by atoms with Crippen LogP contribution in [0.4, 0.5) is 21.7 Å². The summed E-state index contributed by atoms with van der Waals surface area (Å²) in [7, 11) is -2.28. The first-order valence-corrected chi connectivity index (χ1v) is 3.37. The topological polar surface area (TPSA) is 0 Å². The molecule has 0 bridgehead atoms. The Morgan fingerprint density at radius 1 is 1.08 bits per heavy atom. The molecule has 0 aliphatic heterocycles. The van der Waals surface area contributed by atoms with Crippen molar-refractivity contribution in [1.29, 1.82) is 0 Å². The third-order valence-electron chi connectivity index (χ3n) is 1.18. The summed E-state index contributed by atoms with van der Waals surface area (Å²) in [4.78, 5) is 0. The molecule has 0 saturated carbocycles. The maximum atomic E-state index is 11.7. The molecule has 0 aromatic heterocycles. The number of quaternary nitrogens is 1. The molecule has 0 atom stereocenters. The van der Waals surface area contributed by atoms with Crippen LogP contribution >= 0.6 is 0 Å². The average molecular weight is 193 g/mol. The second kappa shape index (κ2) is 5.34. The molecule has 0 radical (unpaired) electrons. The molecule has 76 valence electrons.